The molecule has 3 aromatic rings. The van der Waals surface area contributed by atoms with Crippen molar-refractivity contribution in [2.45, 2.75) is 20.4 Å². The molecule has 1 aliphatic heterocycles. The molecule has 7 nitrogen and oxygen atoms in total. The van der Waals surface area contributed by atoms with E-state index >= 15 is 0 Å². The minimum absolute atomic E-state index is 0.0879. The zero-order chi connectivity index (χ0) is 24.4. The molecule has 8 heteroatoms. The standard InChI is InChI=1S/C26H21BrN2O5/c1-15-11-22(16(2)10-21(15)27)28-23(30)14-34-26(33)18-8-9-19-20(12-18)25(32)29(24(19)31)13-17-6-4-3-5-7-17/h3-12H,13-14H2,1-2H3,(H,28,30). The van der Waals surface area contributed by atoms with E-state index in [1.54, 1.807) is 0 Å². The van der Waals surface area contributed by atoms with Gasteiger partial charge in [0, 0.05) is 10.2 Å². The molecule has 3 aromatic carbocycles. The van der Waals surface area contributed by atoms with Crippen LogP contribution >= 0.6 is 15.9 Å². The molecular weight excluding hydrogens is 500 g/mol. The second-order valence-electron chi connectivity index (χ2n) is 7.98. The number of benzene rings is 3. The highest BCUT2D eigenvalue weighted by atomic mass is 79.9. The highest BCUT2D eigenvalue weighted by Gasteiger charge is 2.36. The molecule has 1 N–H and O–H groups in total. The average molecular weight is 521 g/mol. The van der Waals surface area contributed by atoms with E-state index in [1.807, 2.05) is 56.3 Å². The molecule has 34 heavy (non-hydrogen) atoms. The first-order valence-electron chi connectivity index (χ1n) is 10.5. The van der Waals surface area contributed by atoms with Crippen LogP contribution in [0.2, 0.25) is 0 Å². The summed E-state index contributed by atoms with van der Waals surface area (Å²) < 4.78 is 6.06. The third kappa shape index (κ3) is 4.77. The molecule has 172 valence electrons. The fourth-order valence-corrected chi connectivity index (χ4v) is 4.10. The second kappa shape index (κ2) is 9.61. The maximum atomic E-state index is 12.8. The van der Waals surface area contributed by atoms with Crippen LogP contribution in [-0.2, 0) is 16.1 Å². The van der Waals surface area contributed by atoms with Crippen molar-refractivity contribution in [2.24, 2.45) is 0 Å². The van der Waals surface area contributed by atoms with Crippen molar-refractivity contribution in [1.29, 1.82) is 0 Å². The van der Waals surface area contributed by atoms with E-state index in [2.05, 4.69) is 21.2 Å². The summed E-state index contributed by atoms with van der Waals surface area (Å²) >= 11 is 3.44. The SMILES string of the molecule is Cc1cc(NC(=O)COC(=O)c2ccc3c(c2)C(=O)N(Cc2ccccc2)C3=O)c(C)cc1Br. The number of ether oxygens (including phenoxy) is 1. The van der Waals surface area contributed by atoms with Gasteiger partial charge in [-0.25, -0.2) is 4.79 Å². The lowest BCUT2D eigenvalue weighted by molar-refractivity contribution is -0.119. The van der Waals surface area contributed by atoms with Gasteiger partial charge in [0.2, 0.25) is 0 Å². The van der Waals surface area contributed by atoms with Crippen molar-refractivity contribution in [2.75, 3.05) is 11.9 Å². The molecule has 0 atom stereocenters. The third-order valence-electron chi connectivity index (χ3n) is 5.50. The molecule has 1 heterocycles. The number of esters is 1. The fourth-order valence-electron chi connectivity index (χ4n) is 3.64. The molecule has 0 aromatic heterocycles. The van der Waals surface area contributed by atoms with Crippen molar-refractivity contribution in [3.8, 4) is 0 Å². The van der Waals surface area contributed by atoms with Crippen LogP contribution in [0, 0.1) is 13.8 Å². The van der Waals surface area contributed by atoms with Gasteiger partial charge in [0.15, 0.2) is 6.61 Å². The minimum atomic E-state index is -0.761. The van der Waals surface area contributed by atoms with Crippen LogP contribution in [0.25, 0.3) is 0 Å². The summed E-state index contributed by atoms with van der Waals surface area (Å²) in [6.07, 6.45) is 0. The van der Waals surface area contributed by atoms with Crippen molar-refractivity contribution in [3.05, 3.63) is 98.5 Å². The van der Waals surface area contributed by atoms with Gasteiger partial charge in [0.1, 0.15) is 0 Å². The van der Waals surface area contributed by atoms with Crippen LogP contribution in [0.4, 0.5) is 5.69 Å². The number of aryl methyl sites for hydroxylation is 2. The quantitative estimate of drug-likeness (QED) is 0.377. The summed E-state index contributed by atoms with van der Waals surface area (Å²) in [7, 11) is 0. The Morgan fingerprint density at radius 2 is 1.62 bits per heavy atom. The zero-order valence-corrected chi connectivity index (χ0v) is 20.1. The Labute approximate surface area is 204 Å². The summed E-state index contributed by atoms with van der Waals surface area (Å²) in [4.78, 5) is 51.5. The number of anilines is 1. The normalized spacial score (nSPS) is 12.5. The number of amides is 3. The predicted molar refractivity (Wildman–Crippen MR) is 130 cm³/mol. The smallest absolute Gasteiger partial charge is 0.338 e. The lowest BCUT2D eigenvalue weighted by Gasteiger charge is -2.13. The lowest BCUT2D eigenvalue weighted by atomic mass is 10.1. The number of fused-ring (bicyclic) bond motifs is 1. The number of nitrogens with zero attached hydrogens (tertiary/aromatic N) is 1. The molecule has 0 saturated carbocycles. The molecule has 0 saturated heterocycles. The first kappa shape index (κ1) is 23.4. The lowest BCUT2D eigenvalue weighted by Crippen LogP contribution is -2.29. The number of hydrogen-bond acceptors (Lipinski definition) is 5. The molecule has 3 amide bonds. The Hall–Kier alpha value is -3.78. The Balaban J connectivity index is 1.41. The Bertz CT molecular complexity index is 1320. The van der Waals surface area contributed by atoms with Gasteiger partial charge in [0.05, 0.1) is 23.2 Å². The molecule has 0 fully saturated rings. The molecule has 0 aliphatic carbocycles. The van der Waals surface area contributed by atoms with Crippen LogP contribution in [0.15, 0.2) is 65.1 Å². The molecule has 0 bridgehead atoms. The van der Waals surface area contributed by atoms with E-state index in [0.29, 0.717) is 5.69 Å². The molecule has 0 radical (unpaired) electrons. The van der Waals surface area contributed by atoms with Crippen LogP contribution in [0.1, 0.15) is 47.8 Å². The van der Waals surface area contributed by atoms with Crippen molar-refractivity contribution >= 4 is 45.3 Å². The van der Waals surface area contributed by atoms with Gasteiger partial charge in [0.25, 0.3) is 17.7 Å². The average Bonchev–Trinajstić information content (AvgIpc) is 3.06. The van der Waals surface area contributed by atoms with Gasteiger partial charge in [-0.2, -0.15) is 0 Å². The monoisotopic (exact) mass is 520 g/mol. The van der Waals surface area contributed by atoms with E-state index in [0.717, 1.165) is 26.1 Å². The van der Waals surface area contributed by atoms with Crippen molar-refractivity contribution in [1.82, 2.24) is 4.90 Å². The van der Waals surface area contributed by atoms with Crippen LogP contribution in [0.5, 0.6) is 0 Å². The second-order valence-corrected chi connectivity index (χ2v) is 8.84. The number of carbonyl (C=O) groups excluding carboxylic acids is 4. The van der Waals surface area contributed by atoms with Crippen LogP contribution in [-0.4, -0.2) is 35.2 Å². The van der Waals surface area contributed by atoms with E-state index in [-0.39, 0.29) is 23.2 Å². The number of imide groups is 1. The predicted octanol–water partition coefficient (Wildman–Crippen LogP) is 4.66. The highest BCUT2D eigenvalue weighted by molar-refractivity contribution is 9.10. The minimum Gasteiger partial charge on any atom is -0.452 e. The Morgan fingerprint density at radius 1 is 0.912 bits per heavy atom. The number of carbonyl (C=O) groups is 4. The molecular formula is C26H21BrN2O5. The van der Waals surface area contributed by atoms with E-state index in [4.69, 9.17) is 4.74 Å². The Morgan fingerprint density at radius 3 is 2.35 bits per heavy atom. The molecule has 4 rings (SSSR count). The topological polar surface area (TPSA) is 92.8 Å². The maximum Gasteiger partial charge on any atom is 0.338 e. The first-order valence-corrected chi connectivity index (χ1v) is 11.3. The third-order valence-corrected chi connectivity index (χ3v) is 6.36. The number of nitrogens with one attached hydrogen (secondary N) is 1. The molecule has 1 aliphatic rings. The molecule has 0 spiro atoms. The maximum absolute atomic E-state index is 12.8. The Kier molecular flexibility index (Phi) is 6.61. The van der Waals surface area contributed by atoms with Crippen molar-refractivity contribution in [3.63, 3.8) is 0 Å². The van der Waals surface area contributed by atoms with E-state index < -0.39 is 30.3 Å². The van der Waals surface area contributed by atoms with E-state index in [9.17, 15) is 19.2 Å². The number of rotatable bonds is 6. The van der Waals surface area contributed by atoms with Gasteiger partial charge < -0.3 is 10.1 Å². The van der Waals surface area contributed by atoms with Crippen molar-refractivity contribution < 1.29 is 23.9 Å². The number of hydrogen-bond donors (Lipinski definition) is 1. The van der Waals surface area contributed by atoms with Crippen LogP contribution in [0.3, 0.4) is 0 Å². The summed E-state index contributed by atoms with van der Waals surface area (Å²) in [5, 5.41) is 2.73. The van der Waals surface area contributed by atoms with Gasteiger partial charge in [-0.05, 0) is 60.9 Å². The summed E-state index contributed by atoms with van der Waals surface area (Å²) in [5.74, 6) is -2.14. The van der Waals surface area contributed by atoms with E-state index in [1.165, 1.54) is 18.2 Å². The zero-order valence-electron chi connectivity index (χ0n) is 18.6. The fraction of sp³-hybridized carbons (Fsp3) is 0.154. The van der Waals surface area contributed by atoms with Gasteiger partial charge in [-0.1, -0.05) is 46.3 Å². The number of halogens is 1. The van der Waals surface area contributed by atoms with Gasteiger partial charge >= 0.3 is 5.97 Å². The van der Waals surface area contributed by atoms with Gasteiger partial charge in [-0.3, -0.25) is 19.3 Å². The first-order chi connectivity index (χ1) is 16.2. The summed E-state index contributed by atoms with van der Waals surface area (Å²) in [6, 6.07) is 17.1. The van der Waals surface area contributed by atoms with Gasteiger partial charge in [-0.15, -0.1) is 0 Å². The van der Waals surface area contributed by atoms with Crippen LogP contribution < -0.4 is 5.32 Å². The molecule has 0 unspecified atom stereocenters. The summed E-state index contributed by atoms with van der Waals surface area (Å²) in [6.45, 7) is 3.41. The largest absolute Gasteiger partial charge is 0.452 e. The highest BCUT2D eigenvalue weighted by Crippen LogP contribution is 2.26. The summed E-state index contributed by atoms with van der Waals surface area (Å²) in [5.41, 5.74) is 3.72.